The molecule has 1 aliphatic carbocycles. The van der Waals surface area contributed by atoms with Crippen molar-refractivity contribution >= 4 is 29.0 Å². The minimum Gasteiger partial charge on any atom is -0.486 e. The van der Waals surface area contributed by atoms with Gasteiger partial charge in [-0.15, -0.1) is 11.8 Å². The zero-order valence-corrected chi connectivity index (χ0v) is 21.8. The number of anilines is 2. The Bertz CT molecular complexity index is 1370. The number of halogens is 2. The van der Waals surface area contributed by atoms with Crippen LogP contribution in [0, 0.1) is 17.0 Å². The Hall–Kier alpha value is -3.60. The van der Waals surface area contributed by atoms with Crippen LogP contribution in [0.2, 0.25) is 0 Å². The van der Waals surface area contributed by atoms with Crippen molar-refractivity contribution in [2.45, 2.75) is 24.7 Å². The highest BCUT2D eigenvalue weighted by molar-refractivity contribution is 8.00. The zero-order valence-electron chi connectivity index (χ0n) is 21.0. The fraction of sp³-hybridized carbons (Fsp3) is 0.370. The maximum Gasteiger partial charge on any atom is 0.316 e. The van der Waals surface area contributed by atoms with Crippen LogP contribution in [0.3, 0.4) is 0 Å². The second-order valence-electron chi connectivity index (χ2n) is 10.0. The van der Waals surface area contributed by atoms with Crippen LogP contribution in [0.15, 0.2) is 58.4 Å². The Morgan fingerprint density at radius 3 is 2.37 bits per heavy atom. The molecule has 38 heavy (non-hydrogen) atoms. The van der Waals surface area contributed by atoms with Crippen LogP contribution in [0.25, 0.3) is 5.69 Å². The Morgan fingerprint density at radius 2 is 1.74 bits per heavy atom. The number of amides is 1. The summed E-state index contributed by atoms with van der Waals surface area (Å²) >= 11 is 1.46. The summed E-state index contributed by atoms with van der Waals surface area (Å²) in [6.45, 7) is 4.39. The summed E-state index contributed by atoms with van der Waals surface area (Å²) < 4.78 is 34.7. The van der Waals surface area contributed by atoms with Crippen LogP contribution >= 0.6 is 11.8 Å². The van der Waals surface area contributed by atoms with Crippen molar-refractivity contribution in [3.63, 3.8) is 0 Å². The van der Waals surface area contributed by atoms with Gasteiger partial charge in [0.2, 0.25) is 11.7 Å². The maximum atomic E-state index is 13.8. The Morgan fingerprint density at radius 1 is 1.08 bits per heavy atom. The van der Waals surface area contributed by atoms with Crippen LogP contribution < -0.4 is 20.9 Å². The predicted octanol–water partition coefficient (Wildman–Crippen LogP) is 3.71. The van der Waals surface area contributed by atoms with Crippen LogP contribution in [-0.4, -0.2) is 59.1 Å². The number of nitrogens with two attached hydrogens (primary N) is 1. The molecular formula is C27H29F2N5O3S. The lowest BCUT2D eigenvalue weighted by Gasteiger charge is -2.36. The number of ether oxygens (including phenoxy) is 1. The Labute approximate surface area is 223 Å². The molecule has 1 amide bonds. The van der Waals surface area contributed by atoms with Crippen LogP contribution in [-0.2, 0) is 4.79 Å². The van der Waals surface area contributed by atoms with Gasteiger partial charge < -0.3 is 20.3 Å². The van der Waals surface area contributed by atoms with Crippen LogP contribution in [0.4, 0.5) is 20.2 Å². The fourth-order valence-corrected chi connectivity index (χ4v) is 5.04. The Kier molecular flexibility index (Phi) is 7.29. The number of benzene rings is 2. The summed E-state index contributed by atoms with van der Waals surface area (Å²) in [6, 6.07) is 10.2. The summed E-state index contributed by atoms with van der Waals surface area (Å²) in [5, 5.41) is 4.21. The van der Waals surface area contributed by atoms with E-state index in [0.717, 1.165) is 40.6 Å². The minimum absolute atomic E-state index is 0.00995. The topological polar surface area (TPSA) is 93.7 Å². The van der Waals surface area contributed by atoms with Crippen molar-refractivity contribution in [1.29, 1.82) is 0 Å². The third-order valence-electron chi connectivity index (χ3n) is 6.89. The van der Waals surface area contributed by atoms with Gasteiger partial charge in [-0.2, -0.15) is 9.78 Å². The molecule has 1 aromatic heterocycles. The largest absolute Gasteiger partial charge is 0.486 e. The average Bonchev–Trinajstić information content (AvgIpc) is 3.64. The number of hydrogen-bond acceptors (Lipinski definition) is 7. The van der Waals surface area contributed by atoms with E-state index in [2.05, 4.69) is 12.0 Å². The van der Waals surface area contributed by atoms with Crippen molar-refractivity contribution in [3.8, 4) is 11.4 Å². The second kappa shape index (κ2) is 10.6. The first-order valence-electron chi connectivity index (χ1n) is 12.4. The SMILES string of the molecule is CC1(COc2c(N3CCN(C(=O)CSc4ccc(N)cc4)CC3)cnn(-c3cc(F)cc(F)c3)c2=O)CC1. The molecule has 1 saturated carbocycles. The number of piperazine rings is 1. The molecule has 8 nitrogen and oxygen atoms in total. The van der Waals surface area contributed by atoms with E-state index in [1.807, 2.05) is 29.2 Å². The molecule has 11 heteroatoms. The van der Waals surface area contributed by atoms with Gasteiger partial charge in [0.1, 0.15) is 17.3 Å². The quantitative estimate of drug-likeness (QED) is 0.343. The number of nitrogen functional groups attached to an aromatic ring is 1. The molecule has 2 fully saturated rings. The number of aromatic nitrogens is 2. The van der Waals surface area contributed by atoms with Gasteiger partial charge in [0, 0.05) is 48.2 Å². The molecule has 0 bridgehead atoms. The van der Waals surface area contributed by atoms with Gasteiger partial charge in [-0.3, -0.25) is 9.59 Å². The molecule has 1 aliphatic heterocycles. The first kappa shape index (κ1) is 26.0. The van der Waals surface area contributed by atoms with E-state index in [-0.39, 0.29) is 22.8 Å². The molecule has 2 heterocycles. The number of thioether (sulfide) groups is 1. The van der Waals surface area contributed by atoms with Crippen molar-refractivity contribution in [2.24, 2.45) is 5.41 Å². The highest BCUT2D eigenvalue weighted by atomic mass is 32.2. The molecule has 0 spiro atoms. The molecule has 0 radical (unpaired) electrons. The van der Waals surface area contributed by atoms with Gasteiger partial charge >= 0.3 is 5.56 Å². The molecule has 0 unspecified atom stereocenters. The van der Waals surface area contributed by atoms with Gasteiger partial charge in [0.15, 0.2) is 0 Å². The fourth-order valence-electron chi connectivity index (χ4n) is 4.24. The van der Waals surface area contributed by atoms with Crippen molar-refractivity contribution in [3.05, 3.63) is 70.6 Å². The van der Waals surface area contributed by atoms with E-state index < -0.39 is 17.2 Å². The molecule has 2 aliphatic rings. The lowest BCUT2D eigenvalue weighted by Crippen LogP contribution is -2.49. The molecule has 2 aromatic carbocycles. The molecule has 0 atom stereocenters. The molecule has 3 aromatic rings. The number of nitrogens with zero attached hydrogens (tertiary/aromatic N) is 4. The molecule has 1 saturated heterocycles. The van der Waals surface area contributed by atoms with Gasteiger partial charge in [-0.25, -0.2) is 8.78 Å². The van der Waals surface area contributed by atoms with Crippen molar-refractivity contribution < 1.29 is 18.3 Å². The summed E-state index contributed by atoms with van der Waals surface area (Å²) in [4.78, 5) is 31.0. The third-order valence-corrected chi connectivity index (χ3v) is 7.89. The zero-order chi connectivity index (χ0) is 26.9. The number of carbonyl (C=O) groups is 1. The molecule has 200 valence electrons. The van der Waals surface area contributed by atoms with Gasteiger partial charge in [0.25, 0.3) is 0 Å². The van der Waals surface area contributed by atoms with E-state index in [4.69, 9.17) is 10.5 Å². The van der Waals surface area contributed by atoms with E-state index in [1.165, 1.54) is 18.0 Å². The first-order valence-corrected chi connectivity index (χ1v) is 13.4. The Balaban J connectivity index is 1.31. The van der Waals surface area contributed by atoms with Crippen molar-refractivity contribution in [1.82, 2.24) is 14.7 Å². The lowest BCUT2D eigenvalue weighted by molar-refractivity contribution is -0.128. The minimum atomic E-state index is -0.805. The van der Waals surface area contributed by atoms with E-state index in [0.29, 0.717) is 49.9 Å². The molecule has 2 N–H and O–H groups in total. The standard InChI is InChI=1S/C27H29F2N5O3S/c1-27(6-7-27)17-37-25-23(15-31-34(26(25)36)21-13-18(28)12-19(29)14-21)32-8-10-33(11-9-32)24(35)16-38-22-4-2-20(30)3-5-22/h2-5,12-15H,6-11,16-17,30H2,1H3. The summed E-state index contributed by atoms with van der Waals surface area (Å²) in [6.07, 6.45) is 3.50. The normalized spacial score (nSPS) is 16.4. The molecular weight excluding hydrogens is 512 g/mol. The number of carbonyl (C=O) groups excluding carboxylic acids is 1. The lowest BCUT2D eigenvalue weighted by atomic mass is 10.2. The van der Waals surface area contributed by atoms with Crippen molar-refractivity contribution in [2.75, 3.05) is 49.2 Å². The van der Waals surface area contributed by atoms with E-state index in [9.17, 15) is 18.4 Å². The first-order chi connectivity index (χ1) is 18.2. The van der Waals surface area contributed by atoms with E-state index >= 15 is 0 Å². The maximum absolute atomic E-state index is 13.8. The monoisotopic (exact) mass is 541 g/mol. The summed E-state index contributed by atoms with van der Waals surface area (Å²) in [5.41, 5.74) is 6.31. The van der Waals surface area contributed by atoms with Gasteiger partial charge in [0.05, 0.1) is 24.2 Å². The third kappa shape index (κ3) is 5.93. The predicted molar refractivity (Wildman–Crippen MR) is 143 cm³/mol. The second-order valence-corrected chi connectivity index (χ2v) is 11.1. The number of hydrogen-bond donors (Lipinski definition) is 1. The summed E-state index contributed by atoms with van der Waals surface area (Å²) in [5.74, 6) is -1.16. The van der Waals surface area contributed by atoms with Crippen LogP contribution in [0.5, 0.6) is 5.75 Å². The number of rotatable bonds is 8. The smallest absolute Gasteiger partial charge is 0.316 e. The van der Waals surface area contributed by atoms with Gasteiger partial charge in [-0.1, -0.05) is 6.92 Å². The average molecular weight is 542 g/mol. The summed E-state index contributed by atoms with van der Waals surface area (Å²) in [7, 11) is 0. The van der Waals surface area contributed by atoms with Crippen LogP contribution in [0.1, 0.15) is 19.8 Å². The highest BCUT2D eigenvalue weighted by Crippen LogP contribution is 2.45. The van der Waals surface area contributed by atoms with Gasteiger partial charge in [-0.05, 0) is 49.2 Å². The molecule has 5 rings (SSSR count). The highest BCUT2D eigenvalue weighted by Gasteiger charge is 2.39. The van der Waals surface area contributed by atoms with E-state index in [1.54, 1.807) is 4.90 Å².